The van der Waals surface area contributed by atoms with Crippen molar-refractivity contribution in [3.05, 3.63) is 47.3 Å². The average molecular weight is 368 g/mol. The van der Waals surface area contributed by atoms with Crippen LogP contribution >= 0.6 is 0 Å². The summed E-state index contributed by atoms with van der Waals surface area (Å²) >= 11 is 0. The Hall–Kier alpha value is -2.34. The van der Waals surface area contributed by atoms with Crippen LogP contribution in [0.15, 0.2) is 30.6 Å². The van der Waals surface area contributed by atoms with E-state index in [2.05, 4.69) is 34.8 Å². The Morgan fingerprint density at radius 2 is 2.19 bits per heavy atom. The Kier molecular flexibility index (Phi) is 5.16. The van der Waals surface area contributed by atoms with Crippen LogP contribution in [0.1, 0.15) is 48.9 Å². The molecule has 3 atom stereocenters. The summed E-state index contributed by atoms with van der Waals surface area (Å²) in [6.07, 6.45) is 8.56. The molecule has 2 aliphatic rings. The number of piperidine rings is 1. The second-order valence-corrected chi connectivity index (χ2v) is 7.56. The predicted octanol–water partition coefficient (Wildman–Crippen LogP) is 2.38. The standard InChI is InChI=1S/C21H28N4O2/c1-3-25-13-16(12-22-25)21-19(8-9-20(26)24-21)23-17-6-4-14-5-7-18(27-2)11-15(14)10-17/h5,7,11-13,17,19,21,23H,3-4,6,8-10H2,1-2H3,(H,24,26)/t17-,19-,21+/m1/s1. The fourth-order valence-corrected chi connectivity index (χ4v) is 4.31. The van der Waals surface area contributed by atoms with Crippen molar-refractivity contribution in [2.75, 3.05) is 7.11 Å². The van der Waals surface area contributed by atoms with Crippen LogP contribution in [0.5, 0.6) is 5.75 Å². The first-order chi connectivity index (χ1) is 13.2. The van der Waals surface area contributed by atoms with Crippen LogP contribution in [0.4, 0.5) is 0 Å². The van der Waals surface area contributed by atoms with Crippen LogP contribution in [0.3, 0.4) is 0 Å². The molecular weight excluding hydrogens is 340 g/mol. The van der Waals surface area contributed by atoms with Crippen LogP contribution in [-0.2, 0) is 24.2 Å². The molecule has 0 bridgehead atoms. The van der Waals surface area contributed by atoms with Crippen molar-refractivity contribution in [3.8, 4) is 5.75 Å². The lowest BCUT2D eigenvalue weighted by Gasteiger charge is -2.37. The molecular formula is C21H28N4O2. The zero-order chi connectivity index (χ0) is 18.8. The van der Waals surface area contributed by atoms with Gasteiger partial charge in [0.25, 0.3) is 0 Å². The number of hydrogen-bond acceptors (Lipinski definition) is 4. The van der Waals surface area contributed by atoms with Gasteiger partial charge >= 0.3 is 0 Å². The Balaban J connectivity index is 1.49. The van der Waals surface area contributed by atoms with E-state index in [1.54, 1.807) is 7.11 Å². The van der Waals surface area contributed by atoms with Crippen molar-refractivity contribution >= 4 is 5.91 Å². The Bertz CT molecular complexity index is 816. The molecule has 6 heteroatoms. The lowest BCUT2D eigenvalue weighted by molar-refractivity contribution is -0.124. The van der Waals surface area contributed by atoms with E-state index in [0.717, 1.165) is 43.5 Å². The minimum atomic E-state index is -0.0155. The molecule has 2 heterocycles. The highest BCUT2D eigenvalue weighted by Gasteiger charge is 2.33. The summed E-state index contributed by atoms with van der Waals surface area (Å²) in [7, 11) is 1.71. The summed E-state index contributed by atoms with van der Waals surface area (Å²) in [5.74, 6) is 1.05. The monoisotopic (exact) mass is 368 g/mol. The van der Waals surface area contributed by atoms with Crippen molar-refractivity contribution in [2.24, 2.45) is 0 Å². The van der Waals surface area contributed by atoms with Gasteiger partial charge in [0.15, 0.2) is 0 Å². The molecule has 1 aliphatic carbocycles. The number of carbonyl (C=O) groups is 1. The van der Waals surface area contributed by atoms with Crippen molar-refractivity contribution in [2.45, 2.75) is 63.7 Å². The second-order valence-electron chi connectivity index (χ2n) is 7.56. The molecule has 1 aromatic heterocycles. The fraction of sp³-hybridized carbons (Fsp3) is 0.524. The first-order valence-corrected chi connectivity index (χ1v) is 9.90. The van der Waals surface area contributed by atoms with Crippen LogP contribution in [0.25, 0.3) is 0 Å². The molecule has 2 N–H and O–H groups in total. The number of nitrogens with one attached hydrogen (secondary N) is 2. The zero-order valence-electron chi connectivity index (χ0n) is 16.1. The number of carbonyl (C=O) groups excluding carboxylic acids is 1. The number of benzene rings is 1. The number of hydrogen-bond donors (Lipinski definition) is 2. The summed E-state index contributed by atoms with van der Waals surface area (Å²) in [6.45, 7) is 2.90. The van der Waals surface area contributed by atoms with Gasteiger partial charge < -0.3 is 15.4 Å². The van der Waals surface area contributed by atoms with Gasteiger partial charge in [-0.05, 0) is 55.9 Å². The van der Waals surface area contributed by atoms with Crippen LogP contribution in [-0.4, -0.2) is 34.9 Å². The van der Waals surface area contributed by atoms with Crippen LogP contribution < -0.4 is 15.4 Å². The molecule has 1 amide bonds. The first kappa shape index (κ1) is 18.0. The quantitative estimate of drug-likeness (QED) is 0.850. The largest absolute Gasteiger partial charge is 0.497 e. The van der Waals surface area contributed by atoms with Crippen molar-refractivity contribution < 1.29 is 9.53 Å². The van der Waals surface area contributed by atoms with Gasteiger partial charge in [0, 0.05) is 36.8 Å². The topological polar surface area (TPSA) is 68.2 Å². The number of amides is 1. The summed E-state index contributed by atoms with van der Waals surface area (Å²) in [5.41, 5.74) is 3.88. The van der Waals surface area contributed by atoms with E-state index < -0.39 is 0 Å². The van der Waals surface area contributed by atoms with Crippen LogP contribution in [0, 0.1) is 0 Å². The Labute approximate surface area is 160 Å². The molecule has 6 nitrogen and oxygen atoms in total. The fourth-order valence-electron chi connectivity index (χ4n) is 4.31. The second kappa shape index (κ2) is 7.72. The smallest absolute Gasteiger partial charge is 0.220 e. The van der Waals surface area contributed by atoms with Gasteiger partial charge in [-0.3, -0.25) is 9.48 Å². The Morgan fingerprint density at radius 1 is 1.30 bits per heavy atom. The number of aryl methyl sites for hydroxylation is 2. The molecule has 144 valence electrons. The molecule has 2 aromatic rings. The maximum Gasteiger partial charge on any atom is 0.220 e. The predicted molar refractivity (Wildman–Crippen MR) is 104 cm³/mol. The van der Waals surface area contributed by atoms with Gasteiger partial charge in [0.05, 0.1) is 19.3 Å². The highest BCUT2D eigenvalue weighted by atomic mass is 16.5. The molecule has 1 fully saturated rings. The molecule has 4 rings (SSSR count). The van der Waals surface area contributed by atoms with Gasteiger partial charge in [0.1, 0.15) is 5.75 Å². The van der Waals surface area contributed by atoms with E-state index in [0.29, 0.717) is 12.5 Å². The number of aromatic nitrogens is 2. The van der Waals surface area contributed by atoms with E-state index in [1.165, 1.54) is 11.1 Å². The van der Waals surface area contributed by atoms with E-state index >= 15 is 0 Å². The minimum absolute atomic E-state index is 0.0155. The lowest BCUT2D eigenvalue weighted by Crippen LogP contribution is -2.52. The molecule has 1 aliphatic heterocycles. The van der Waals surface area contributed by atoms with Gasteiger partial charge in [-0.1, -0.05) is 6.07 Å². The summed E-state index contributed by atoms with van der Waals surface area (Å²) in [6, 6.07) is 7.02. The molecule has 0 saturated carbocycles. The maximum atomic E-state index is 12.0. The lowest BCUT2D eigenvalue weighted by atomic mass is 9.86. The zero-order valence-corrected chi connectivity index (χ0v) is 16.1. The molecule has 27 heavy (non-hydrogen) atoms. The third kappa shape index (κ3) is 3.86. The van der Waals surface area contributed by atoms with Crippen molar-refractivity contribution in [1.82, 2.24) is 20.4 Å². The summed E-state index contributed by atoms with van der Waals surface area (Å²) < 4.78 is 7.30. The van der Waals surface area contributed by atoms with E-state index in [9.17, 15) is 4.79 Å². The molecule has 0 unspecified atom stereocenters. The number of ether oxygens (including phenoxy) is 1. The minimum Gasteiger partial charge on any atom is -0.497 e. The average Bonchev–Trinajstić information content (AvgIpc) is 3.18. The summed E-state index contributed by atoms with van der Waals surface area (Å²) in [5, 5.41) is 11.4. The third-order valence-electron chi connectivity index (χ3n) is 5.83. The van der Waals surface area contributed by atoms with E-state index in [1.807, 2.05) is 23.1 Å². The van der Waals surface area contributed by atoms with Crippen LogP contribution in [0.2, 0.25) is 0 Å². The van der Waals surface area contributed by atoms with Crippen molar-refractivity contribution in [1.29, 1.82) is 0 Å². The Morgan fingerprint density at radius 3 is 2.96 bits per heavy atom. The molecule has 0 spiro atoms. The van der Waals surface area contributed by atoms with Gasteiger partial charge in [-0.2, -0.15) is 5.10 Å². The molecule has 1 saturated heterocycles. The van der Waals surface area contributed by atoms with Crippen molar-refractivity contribution in [3.63, 3.8) is 0 Å². The number of nitrogens with zero attached hydrogens (tertiary/aromatic N) is 2. The SMILES string of the molecule is CCn1cc([C@@H]2NC(=O)CC[C@H]2N[C@@H]2CCc3ccc(OC)cc3C2)cn1. The normalized spacial score (nSPS) is 25.0. The van der Waals surface area contributed by atoms with E-state index in [-0.39, 0.29) is 18.0 Å². The maximum absolute atomic E-state index is 12.0. The van der Waals surface area contributed by atoms with Gasteiger partial charge in [-0.25, -0.2) is 0 Å². The third-order valence-corrected chi connectivity index (χ3v) is 5.83. The number of rotatable bonds is 5. The number of fused-ring (bicyclic) bond motifs is 1. The highest BCUT2D eigenvalue weighted by Crippen LogP contribution is 2.29. The molecule has 0 radical (unpaired) electrons. The van der Waals surface area contributed by atoms with Gasteiger partial charge in [-0.15, -0.1) is 0 Å². The van der Waals surface area contributed by atoms with E-state index in [4.69, 9.17) is 4.74 Å². The first-order valence-electron chi connectivity index (χ1n) is 9.90. The highest BCUT2D eigenvalue weighted by molar-refractivity contribution is 5.77. The number of methoxy groups -OCH3 is 1. The van der Waals surface area contributed by atoms with Gasteiger partial charge in [0.2, 0.25) is 5.91 Å². The molecule has 1 aromatic carbocycles. The summed E-state index contributed by atoms with van der Waals surface area (Å²) in [4.78, 5) is 12.0.